The van der Waals surface area contributed by atoms with Crippen LogP contribution in [-0.4, -0.2) is 6.54 Å². The van der Waals surface area contributed by atoms with E-state index in [1.165, 1.54) is 17.6 Å². The van der Waals surface area contributed by atoms with Crippen LogP contribution in [0, 0.1) is 0 Å². The Hall–Kier alpha value is -0.560. The second kappa shape index (κ2) is 6.17. The number of allylic oxidation sites excluding steroid dienone is 2. The van der Waals surface area contributed by atoms with Gasteiger partial charge in [-0.25, -0.2) is 0 Å². The third kappa shape index (κ3) is 7.34. The van der Waals surface area contributed by atoms with Gasteiger partial charge in [0, 0.05) is 6.54 Å². The molecule has 0 saturated heterocycles. The van der Waals surface area contributed by atoms with Crippen molar-refractivity contribution in [1.29, 1.82) is 0 Å². The van der Waals surface area contributed by atoms with E-state index in [1.54, 1.807) is 0 Å². The van der Waals surface area contributed by atoms with E-state index in [9.17, 15) is 0 Å². The van der Waals surface area contributed by atoms with Gasteiger partial charge in [-0.15, -0.1) is 6.58 Å². The Kier molecular flexibility index (Phi) is 5.86. The fourth-order valence-corrected chi connectivity index (χ4v) is 0.972. The zero-order chi connectivity index (χ0) is 8.69. The van der Waals surface area contributed by atoms with Gasteiger partial charge in [0.15, 0.2) is 0 Å². The van der Waals surface area contributed by atoms with Gasteiger partial charge in [-0.2, -0.15) is 0 Å². The van der Waals surface area contributed by atoms with E-state index in [0.29, 0.717) is 6.54 Å². The van der Waals surface area contributed by atoms with E-state index in [4.69, 9.17) is 5.73 Å². The minimum Gasteiger partial charge on any atom is -0.327 e. The third-order valence-corrected chi connectivity index (χ3v) is 1.64. The number of hydrogen-bond donors (Lipinski definition) is 1. The second-order valence-corrected chi connectivity index (χ2v) is 3.10. The molecule has 0 rings (SSSR count). The van der Waals surface area contributed by atoms with Gasteiger partial charge in [-0.05, 0) is 33.1 Å². The molecule has 2 N–H and O–H groups in total. The maximum atomic E-state index is 5.37. The van der Waals surface area contributed by atoms with Gasteiger partial charge in [-0.1, -0.05) is 17.2 Å². The molecule has 0 aromatic heterocycles. The minimum atomic E-state index is 0.666. The van der Waals surface area contributed by atoms with Crippen LogP contribution in [-0.2, 0) is 0 Å². The lowest BCUT2D eigenvalue weighted by molar-refractivity contribution is 0.802. The van der Waals surface area contributed by atoms with Gasteiger partial charge < -0.3 is 5.73 Å². The Morgan fingerprint density at radius 3 is 2.45 bits per heavy atom. The molecule has 0 aromatic rings. The Morgan fingerprint density at radius 1 is 1.36 bits per heavy atom. The first kappa shape index (κ1) is 10.4. The number of rotatable bonds is 5. The van der Waals surface area contributed by atoms with Crippen LogP contribution >= 0.6 is 0 Å². The molecular formula is C10H19N. The van der Waals surface area contributed by atoms with Gasteiger partial charge in [0.05, 0.1) is 0 Å². The minimum absolute atomic E-state index is 0.666. The zero-order valence-electron chi connectivity index (χ0n) is 7.69. The van der Waals surface area contributed by atoms with Crippen LogP contribution in [0.5, 0.6) is 0 Å². The van der Waals surface area contributed by atoms with Crippen LogP contribution in [0.1, 0.15) is 33.1 Å². The molecule has 1 heteroatoms. The fourth-order valence-electron chi connectivity index (χ4n) is 0.972. The van der Waals surface area contributed by atoms with Crippen LogP contribution in [0.4, 0.5) is 0 Å². The molecule has 0 radical (unpaired) electrons. The van der Waals surface area contributed by atoms with Crippen LogP contribution in [0.25, 0.3) is 0 Å². The first-order chi connectivity index (χ1) is 5.16. The molecule has 0 aliphatic rings. The topological polar surface area (TPSA) is 26.0 Å². The fraction of sp³-hybridized carbons (Fsp3) is 0.600. The summed E-state index contributed by atoms with van der Waals surface area (Å²) in [5.41, 5.74) is 8.03. The summed E-state index contributed by atoms with van der Waals surface area (Å²) in [5.74, 6) is 0. The maximum Gasteiger partial charge on any atom is 0.0109 e. The Balaban J connectivity index is 3.38. The molecule has 0 amide bonds. The molecule has 0 bridgehead atoms. The standard InChI is InChI=1S/C10H19N/c1-9(2)5-4-6-10(3)7-8-11/h7H,1,4-6,8,11H2,2-3H3. The van der Waals surface area contributed by atoms with Crippen molar-refractivity contribution in [2.75, 3.05) is 6.54 Å². The summed E-state index contributed by atoms with van der Waals surface area (Å²) in [5, 5.41) is 0. The lowest BCUT2D eigenvalue weighted by atomic mass is 10.1. The molecule has 0 unspecified atom stereocenters. The molecular weight excluding hydrogens is 134 g/mol. The Labute approximate surface area is 70.0 Å². The van der Waals surface area contributed by atoms with Crippen molar-refractivity contribution >= 4 is 0 Å². The van der Waals surface area contributed by atoms with Crippen molar-refractivity contribution in [3.05, 3.63) is 23.8 Å². The maximum absolute atomic E-state index is 5.37. The molecule has 0 spiro atoms. The highest BCUT2D eigenvalue weighted by Gasteiger charge is 1.90. The van der Waals surface area contributed by atoms with Crippen LogP contribution in [0.2, 0.25) is 0 Å². The van der Waals surface area contributed by atoms with E-state index in [1.807, 2.05) is 0 Å². The van der Waals surface area contributed by atoms with Gasteiger partial charge in [0.2, 0.25) is 0 Å². The number of hydrogen-bond acceptors (Lipinski definition) is 1. The Bertz CT molecular complexity index is 145. The summed E-state index contributed by atoms with van der Waals surface area (Å²) in [6, 6.07) is 0. The smallest absolute Gasteiger partial charge is 0.0109 e. The first-order valence-corrected chi connectivity index (χ1v) is 4.17. The number of nitrogens with two attached hydrogens (primary N) is 1. The molecule has 0 heterocycles. The van der Waals surface area contributed by atoms with Gasteiger partial charge in [-0.3, -0.25) is 0 Å². The second-order valence-electron chi connectivity index (χ2n) is 3.10. The predicted molar refractivity (Wildman–Crippen MR) is 51.5 cm³/mol. The molecule has 1 nitrogen and oxygen atoms in total. The lowest BCUT2D eigenvalue weighted by Gasteiger charge is -2.00. The summed E-state index contributed by atoms with van der Waals surface area (Å²) < 4.78 is 0. The molecule has 0 fully saturated rings. The average Bonchev–Trinajstić information content (AvgIpc) is 1.87. The molecule has 0 aliphatic carbocycles. The molecule has 0 aliphatic heterocycles. The van der Waals surface area contributed by atoms with Crippen LogP contribution < -0.4 is 5.73 Å². The van der Waals surface area contributed by atoms with Crippen molar-refractivity contribution in [2.24, 2.45) is 5.73 Å². The van der Waals surface area contributed by atoms with E-state index < -0.39 is 0 Å². The third-order valence-electron chi connectivity index (χ3n) is 1.64. The van der Waals surface area contributed by atoms with Crippen LogP contribution in [0.3, 0.4) is 0 Å². The zero-order valence-corrected chi connectivity index (χ0v) is 7.69. The van der Waals surface area contributed by atoms with E-state index in [-0.39, 0.29) is 0 Å². The predicted octanol–water partition coefficient (Wildman–Crippen LogP) is 2.64. The van der Waals surface area contributed by atoms with Crippen molar-refractivity contribution in [1.82, 2.24) is 0 Å². The van der Waals surface area contributed by atoms with Gasteiger partial charge in [0.25, 0.3) is 0 Å². The first-order valence-electron chi connectivity index (χ1n) is 4.17. The van der Waals surface area contributed by atoms with E-state index >= 15 is 0 Å². The average molecular weight is 153 g/mol. The van der Waals surface area contributed by atoms with E-state index in [2.05, 4.69) is 26.5 Å². The highest BCUT2D eigenvalue weighted by Crippen LogP contribution is 2.09. The normalized spacial score (nSPS) is 11.7. The van der Waals surface area contributed by atoms with Gasteiger partial charge >= 0.3 is 0 Å². The lowest BCUT2D eigenvalue weighted by Crippen LogP contribution is -1.94. The molecule has 64 valence electrons. The summed E-state index contributed by atoms with van der Waals surface area (Å²) >= 11 is 0. The van der Waals surface area contributed by atoms with Crippen molar-refractivity contribution in [2.45, 2.75) is 33.1 Å². The highest BCUT2D eigenvalue weighted by atomic mass is 14.5. The largest absolute Gasteiger partial charge is 0.327 e. The Morgan fingerprint density at radius 2 is 2.00 bits per heavy atom. The van der Waals surface area contributed by atoms with Gasteiger partial charge in [0.1, 0.15) is 0 Å². The monoisotopic (exact) mass is 153 g/mol. The molecule has 0 aromatic carbocycles. The molecule has 0 atom stereocenters. The van der Waals surface area contributed by atoms with Crippen molar-refractivity contribution < 1.29 is 0 Å². The molecule has 11 heavy (non-hydrogen) atoms. The SMILES string of the molecule is C=C(C)CCCC(C)=CCN. The van der Waals surface area contributed by atoms with Crippen molar-refractivity contribution in [3.8, 4) is 0 Å². The summed E-state index contributed by atoms with van der Waals surface area (Å²) in [7, 11) is 0. The van der Waals surface area contributed by atoms with Crippen LogP contribution in [0.15, 0.2) is 23.8 Å². The van der Waals surface area contributed by atoms with E-state index in [0.717, 1.165) is 12.8 Å². The summed E-state index contributed by atoms with van der Waals surface area (Å²) in [6.07, 6.45) is 5.58. The highest BCUT2D eigenvalue weighted by molar-refractivity contribution is 4.99. The summed E-state index contributed by atoms with van der Waals surface area (Å²) in [6.45, 7) is 8.72. The molecule has 0 saturated carbocycles. The summed E-state index contributed by atoms with van der Waals surface area (Å²) in [4.78, 5) is 0. The van der Waals surface area contributed by atoms with Crippen molar-refractivity contribution in [3.63, 3.8) is 0 Å². The quantitative estimate of drug-likeness (QED) is 0.604.